The Balaban J connectivity index is 0.000000106. The molecule has 6 heteroatoms. The number of hydrogen-bond acceptors (Lipinski definition) is 3. The number of thiophene rings is 3. The van der Waals surface area contributed by atoms with Gasteiger partial charge in [-0.15, -0.1) is 34.0 Å². The zero-order chi connectivity index (χ0) is 77.1. The van der Waals surface area contributed by atoms with Crippen molar-refractivity contribution in [2.45, 2.75) is 26.2 Å². The van der Waals surface area contributed by atoms with Gasteiger partial charge < -0.3 is 13.7 Å². The normalized spacial score (nSPS) is 11.9. The van der Waals surface area contributed by atoms with Crippen LogP contribution in [0.2, 0.25) is 0 Å². The van der Waals surface area contributed by atoms with Crippen LogP contribution in [0.15, 0.2) is 400 Å². The molecular weight excluding hydrogens is 1460 g/mol. The van der Waals surface area contributed by atoms with Crippen LogP contribution in [0.1, 0.15) is 26.3 Å². The minimum absolute atomic E-state index is 0.136. The molecule has 6 heterocycles. The van der Waals surface area contributed by atoms with Crippen LogP contribution in [-0.4, -0.2) is 13.7 Å². The van der Waals surface area contributed by atoms with Gasteiger partial charge in [0, 0.05) is 110 Å². The van der Waals surface area contributed by atoms with Gasteiger partial charge in [0.05, 0.1) is 33.1 Å². The Labute approximate surface area is 684 Å². The molecule has 0 bridgehead atoms. The third-order valence-corrected chi connectivity index (χ3v) is 27.1. The lowest BCUT2D eigenvalue weighted by Gasteiger charge is -2.19. The van der Waals surface area contributed by atoms with E-state index in [1.54, 1.807) is 0 Å². The highest BCUT2D eigenvalue weighted by Crippen LogP contribution is 2.45. The van der Waals surface area contributed by atoms with E-state index in [4.69, 9.17) is 0 Å². The van der Waals surface area contributed by atoms with Crippen LogP contribution in [0.5, 0.6) is 0 Å². The molecule has 18 aromatic carbocycles. The summed E-state index contributed by atoms with van der Waals surface area (Å²) >= 11 is 5.60. The standard InChI is InChI=1S/C40H25NS.C36H23NS.C34H27NS/c1-2-10-31-26(8-1)9-7-13-32(31)27-16-20-30(21-17-27)41-37-14-5-3-11-33(37)34-22-18-29(25-38(34)41)28-19-23-40-36(24-28)35-12-4-6-15-39(35)42-40;1-2-8-24(9-3-1)25-14-18-28(19-15-25)37-33-12-6-4-10-29(33)30-20-16-27(23-34(30)37)26-17-21-36-32(22-26)31-11-5-7-13-35(31)38-36;1-34(2,3)24-14-16-25(17-15-24)35-30-10-6-4-8-26(30)27-18-12-23(21-31(27)35)22-13-19-33-29(20-22)28-9-5-7-11-32(28)36-33/h1-25H;1-23H;4-21H,1-3H3. The van der Waals surface area contributed by atoms with Crippen LogP contribution in [-0.2, 0) is 5.41 Å². The molecule has 0 saturated carbocycles. The first kappa shape index (κ1) is 69.0. The van der Waals surface area contributed by atoms with Gasteiger partial charge in [-0.05, 0) is 205 Å². The molecule has 0 fully saturated rings. The van der Waals surface area contributed by atoms with Crippen molar-refractivity contribution in [3.8, 4) is 72.7 Å². The zero-order valence-corrected chi connectivity index (χ0v) is 66.6. The number of rotatable bonds is 8. The van der Waals surface area contributed by atoms with E-state index in [1.807, 2.05) is 34.0 Å². The van der Waals surface area contributed by atoms with Gasteiger partial charge >= 0.3 is 0 Å². The van der Waals surface area contributed by atoms with E-state index in [-0.39, 0.29) is 5.41 Å². The monoisotopic (exact) mass is 1530 g/mol. The topological polar surface area (TPSA) is 14.8 Å². The van der Waals surface area contributed by atoms with Crippen molar-refractivity contribution in [2.24, 2.45) is 0 Å². The molecule has 0 radical (unpaired) electrons. The molecule has 24 aromatic rings. The van der Waals surface area contributed by atoms with E-state index in [0.29, 0.717) is 0 Å². The summed E-state index contributed by atoms with van der Waals surface area (Å²) in [4.78, 5) is 0. The van der Waals surface area contributed by atoms with E-state index in [1.165, 1.54) is 215 Å². The van der Waals surface area contributed by atoms with Crippen LogP contribution in [0, 0.1) is 0 Å². The summed E-state index contributed by atoms with van der Waals surface area (Å²) < 4.78 is 15.3. The molecule has 0 aliphatic rings. The van der Waals surface area contributed by atoms with Crippen molar-refractivity contribution in [2.75, 3.05) is 0 Å². The molecule has 0 saturated heterocycles. The van der Waals surface area contributed by atoms with Crippen LogP contribution in [0.3, 0.4) is 0 Å². The first-order chi connectivity index (χ1) is 57.1. The minimum Gasteiger partial charge on any atom is -0.309 e. The third kappa shape index (κ3) is 12.0. The van der Waals surface area contributed by atoms with E-state index in [0.717, 1.165) is 0 Å². The Morgan fingerprint density at radius 3 is 0.871 bits per heavy atom. The number of benzene rings is 18. The number of fused-ring (bicyclic) bond motifs is 19. The summed E-state index contributed by atoms with van der Waals surface area (Å²) in [5.41, 5.74) is 24.8. The first-order valence-electron chi connectivity index (χ1n) is 39.8. The minimum atomic E-state index is 0.136. The van der Waals surface area contributed by atoms with Gasteiger partial charge in [0.15, 0.2) is 0 Å². The lowest BCUT2D eigenvalue weighted by Crippen LogP contribution is -2.10. The van der Waals surface area contributed by atoms with Gasteiger partial charge in [-0.25, -0.2) is 0 Å². The molecule has 0 unspecified atom stereocenters. The molecule has 24 rings (SSSR count). The van der Waals surface area contributed by atoms with E-state index in [2.05, 4.69) is 435 Å². The Bertz CT molecular complexity index is 7970. The zero-order valence-electron chi connectivity index (χ0n) is 64.2. The molecular formula is C110H75N3S3. The number of hydrogen-bond donors (Lipinski definition) is 0. The maximum Gasteiger partial charge on any atom is 0.0547 e. The largest absolute Gasteiger partial charge is 0.309 e. The fourth-order valence-electron chi connectivity index (χ4n) is 17.8. The highest BCUT2D eigenvalue weighted by Gasteiger charge is 2.21. The molecule has 6 aromatic heterocycles. The van der Waals surface area contributed by atoms with Crippen LogP contribution < -0.4 is 0 Å². The second-order valence-electron chi connectivity index (χ2n) is 31.5. The molecule has 548 valence electrons. The summed E-state index contributed by atoms with van der Waals surface area (Å²) in [7, 11) is 0. The van der Waals surface area contributed by atoms with E-state index in [9.17, 15) is 0 Å². The van der Waals surface area contributed by atoms with Gasteiger partial charge in [0.2, 0.25) is 0 Å². The maximum absolute atomic E-state index is 2.42. The molecule has 0 aliphatic carbocycles. The average molecular weight is 1540 g/mol. The highest BCUT2D eigenvalue weighted by molar-refractivity contribution is 7.26. The number of aromatic nitrogens is 3. The summed E-state index contributed by atoms with van der Waals surface area (Å²) in [5.74, 6) is 0. The first-order valence-corrected chi connectivity index (χ1v) is 42.3. The SMILES string of the molecule is CC(C)(C)c1ccc(-n2c3ccccc3c3ccc(-c4ccc5sc6ccccc6c5c4)cc32)cc1.c1ccc(-c2ccc(-n3c4ccccc4c4ccc(-c5ccc6sc7ccccc7c6c5)cc43)cc2)cc1.c1ccc2c(-c3ccc(-n4c5ccccc5c5ccc(-c6ccc7sc8ccccc8c7c6)cc54)cc3)cccc2c1. The quantitative estimate of drug-likeness (QED) is 0.144. The fourth-order valence-corrected chi connectivity index (χ4v) is 21.1. The summed E-state index contributed by atoms with van der Waals surface area (Å²) in [5, 5.41) is 18.2. The lowest BCUT2D eigenvalue weighted by molar-refractivity contribution is 0.590. The number of para-hydroxylation sites is 3. The van der Waals surface area contributed by atoms with Crippen molar-refractivity contribution in [3.05, 3.63) is 406 Å². The highest BCUT2D eigenvalue weighted by atomic mass is 32.1. The predicted molar refractivity (Wildman–Crippen MR) is 504 cm³/mol. The Kier molecular flexibility index (Phi) is 16.7. The summed E-state index contributed by atoms with van der Waals surface area (Å²) in [6, 6.07) is 147. The van der Waals surface area contributed by atoms with Crippen molar-refractivity contribution in [1.82, 2.24) is 13.7 Å². The van der Waals surface area contributed by atoms with Crippen LogP contribution >= 0.6 is 34.0 Å². The van der Waals surface area contributed by atoms with Crippen molar-refractivity contribution >= 4 is 171 Å². The molecule has 0 N–H and O–H groups in total. The molecule has 0 aliphatic heterocycles. The molecule has 0 amide bonds. The van der Waals surface area contributed by atoms with Crippen molar-refractivity contribution in [3.63, 3.8) is 0 Å². The molecule has 0 atom stereocenters. The maximum atomic E-state index is 2.42. The molecule has 0 spiro atoms. The summed E-state index contributed by atoms with van der Waals surface area (Å²) in [6.07, 6.45) is 0. The van der Waals surface area contributed by atoms with Gasteiger partial charge in [0.1, 0.15) is 0 Å². The predicted octanol–water partition coefficient (Wildman–Crippen LogP) is 32.2. The average Bonchev–Trinajstić information content (AvgIpc) is 1.59. The van der Waals surface area contributed by atoms with E-state index < -0.39 is 0 Å². The van der Waals surface area contributed by atoms with Crippen molar-refractivity contribution < 1.29 is 0 Å². The van der Waals surface area contributed by atoms with Crippen molar-refractivity contribution in [1.29, 1.82) is 0 Å². The Morgan fingerprint density at radius 2 is 0.466 bits per heavy atom. The van der Waals surface area contributed by atoms with Gasteiger partial charge in [0.25, 0.3) is 0 Å². The summed E-state index contributed by atoms with van der Waals surface area (Å²) in [6.45, 7) is 6.80. The fraction of sp³-hybridized carbons (Fsp3) is 0.0364. The molecule has 3 nitrogen and oxygen atoms in total. The Hall–Kier alpha value is -13.7. The Morgan fingerprint density at radius 1 is 0.181 bits per heavy atom. The van der Waals surface area contributed by atoms with Gasteiger partial charge in [-0.2, -0.15) is 0 Å². The van der Waals surface area contributed by atoms with Crippen LogP contribution in [0.25, 0.3) is 209 Å². The lowest BCUT2D eigenvalue weighted by atomic mass is 9.87. The second kappa shape index (κ2) is 28.1. The smallest absolute Gasteiger partial charge is 0.0547 e. The van der Waals surface area contributed by atoms with Gasteiger partial charge in [-0.1, -0.05) is 294 Å². The van der Waals surface area contributed by atoms with Crippen LogP contribution in [0.4, 0.5) is 0 Å². The number of nitrogens with zero attached hydrogens (tertiary/aromatic N) is 3. The third-order valence-electron chi connectivity index (χ3n) is 23.6. The van der Waals surface area contributed by atoms with E-state index >= 15 is 0 Å². The van der Waals surface area contributed by atoms with Gasteiger partial charge in [-0.3, -0.25) is 0 Å². The second-order valence-corrected chi connectivity index (χ2v) is 34.7. The molecule has 116 heavy (non-hydrogen) atoms.